The van der Waals surface area contributed by atoms with Crippen molar-refractivity contribution in [1.82, 2.24) is 0 Å². The topological polar surface area (TPSA) is 63.2 Å². The van der Waals surface area contributed by atoms with Gasteiger partial charge < -0.3 is 22.1 Å². The lowest BCUT2D eigenvalue weighted by atomic mass is 10.3. The summed E-state index contributed by atoms with van der Waals surface area (Å²) in [4.78, 5) is 12.0. The van der Waals surface area contributed by atoms with Gasteiger partial charge in [-0.1, -0.05) is 26.3 Å². The van der Waals surface area contributed by atoms with Gasteiger partial charge in [-0.3, -0.25) is 0 Å². The van der Waals surface area contributed by atoms with Crippen LogP contribution in [0.4, 0.5) is 0 Å². The van der Waals surface area contributed by atoms with Crippen molar-refractivity contribution in [1.29, 1.82) is 0 Å². The minimum absolute atomic E-state index is 0.326. The smallest absolute Gasteiger partial charge is 0.333 e. The molecule has 0 spiro atoms. The van der Waals surface area contributed by atoms with Crippen molar-refractivity contribution in [2.75, 3.05) is 19.8 Å². The summed E-state index contributed by atoms with van der Waals surface area (Å²) in [6, 6.07) is 2.20. The average molecular weight is 537 g/mol. The molecule has 0 amide bonds. The van der Waals surface area contributed by atoms with E-state index < -0.39 is 45.6 Å². The third-order valence-electron chi connectivity index (χ3n) is 4.87. The van der Waals surface area contributed by atoms with Gasteiger partial charge >= 0.3 is 14.5 Å². The Morgan fingerprint density at radius 2 is 1.36 bits per heavy atom. The van der Waals surface area contributed by atoms with Crippen molar-refractivity contribution in [2.24, 2.45) is 0 Å². The molecule has 0 aliphatic carbocycles. The average Bonchev–Trinajstić information content (AvgIpc) is 2.61. The van der Waals surface area contributed by atoms with E-state index in [1.54, 1.807) is 6.92 Å². The van der Waals surface area contributed by atoms with E-state index in [0.29, 0.717) is 25.4 Å². The fraction of sp³-hybridized carbons (Fsp3) is 0.870. The molecule has 0 aromatic heterocycles. The molecule has 0 saturated carbocycles. The maximum atomic E-state index is 12.0. The number of ether oxygens (including phenoxy) is 2. The predicted molar refractivity (Wildman–Crippen MR) is 149 cm³/mol. The minimum atomic E-state index is -2.16. The van der Waals surface area contributed by atoms with Crippen LogP contribution in [0, 0.1) is 0 Å². The summed E-state index contributed by atoms with van der Waals surface area (Å²) in [6.07, 6.45) is 2.93. The molecule has 0 radical (unpaired) electrons. The summed E-state index contributed by atoms with van der Waals surface area (Å²) in [5, 5.41) is 0. The molecule has 0 aliphatic heterocycles. The number of esters is 1. The second kappa shape index (κ2) is 14.5. The summed E-state index contributed by atoms with van der Waals surface area (Å²) in [5.41, 5.74) is 0.382. The molecular formula is C23H52O6Si4. The maximum absolute atomic E-state index is 12.0. The van der Waals surface area contributed by atoms with E-state index in [-0.39, 0.29) is 0 Å². The SMILES string of the molecule is C=C(C)C(=O)OC(COCCC[Si](C)(C)O[Si](C)(C)O[Si](C)(C)CCCC)CO[Si](C)(C)C. The molecule has 10 heteroatoms. The number of carbonyl (C=O) groups excluding carboxylic acids is 1. The van der Waals surface area contributed by atoms with Crippen LogP contribution in [0.2, 0.25) is 71.0 Å². The van der Waals surface area contributed by atoms with Gasteiger partial charge in [-0.15, -0.1) is 0 Å². The highest BCUT2D eigenvalue weighted by molar-refractivity contribution is 6.87. The fourth-order valence-electron chi connectivity index (χ4n) is 3.58. The molecule has 1 unspecified atom stereocenters. The Bertz CT molecular complexity index is 602. The van der Waals surface area contributed by atoms with Gasteiger partial charge in [0.25, 0.3) is 0 Å². The first-order valence-electron chi connectivity index (χ1n) is 12.4. The highest BCUT2D eigenvalue weighted by Gasteiger charge is 2.39. The Morgan fingerprint density at radius 3 is 1.82 bits per heavy atom. The Hall–Kier alpha value is -0.0825. The lowest BCUT2D eigenvalue weighted by molar-refractivity contribution is -0.149. The van der Waals surface area contributed by atoms with E-state index in [1.807, 2.05) is 0 Å². The summed E-state index contributed by atoms with van der Waals surface area (Å²) < 4.78 is 30.6. The molecule has 0 heterocycles. The standard InChI is InChI=1S/C23H52O6Si4/c1-13-14-17-31(7,8)28-33(11,12)29-32(9,10)18-15-16-25-19-22(20-26-30(4,5)6)27-23(24)21(2)3/h22H,2,13-20H2,1,3-12H3. The van der Waals surface area contributed by atoms with Gasteiger partial charge in [0, 0.05) is 12.2 Å². The molecule has 0 rings (SSSR count). The van der Waals surface area contributed by atoms with Crippen LogP contribution in [0.5, 0.6) is 0 Å². The second-order valence-electron chi connectivity index (χ2n) is 11.6. The lowest BCUT2D eigenvalue weighted by Crippen LogP contribution is -2.52. The molecule has 0 aliphatic rings. The minimum Gasteiger partial charge on any atom is -0.454 e. The summed E-state index contributed by atoms with van der Waals surface area (Å²) in [6.45, 7) is 28.7. The summed E-state index contributed by atoms with van der Waals surface area (Å²) in [7, 11) is -7.42. The molecule has 1 atom stereocenters. The van der Waals surface area contributed by atoms with Gasteiger partial charge in [0.15, 0.2) is 25.0 Å². The van der Waals surface area contributed by atoms with Crippen molar-refractivity contribution in [3.63, 3.8) is 0 Å². The quantitative estimate of drug-likeness (QED) is 0.0843. The number of rotatable bonds is 18. The Balaban J connectivity index is 4.58. The molecule has 0 bridgehead atoms. The maximum Gasteiger partial charge on any atom is 0.333 e. The van der Waals surface area contributed by atoms with Gasteiger partial charge in [0.1, 0.15) is 6.10 Å². The molecule has 0 saturated heterocycles. The monoisotopic (exact) mass is 536 g/mol. The zero-order valence-corrected chi connectivity index (χ0v) is 27.4. The van der Waals surface area contributed by atoms with E-state index in [4.69, 9.17) is 22.1 Å². The highest BCUT2D eigenvalue weighted by atomic mass is 28.5. The van der Waals surface area contributed by atoms with E-state index in [2.05, 4.69) is 72.4 Å². The summed E-state index contributed by atoms with van der Waals surface area (Å²) >= 11 is 0. The van der Waals surface area contributed by atoms with Gasteiger partial charge in [0.2, 0.25) is 0 Å². The zero-order chi connectivity index (χ0) is 25.9. The van der Waals surface area contributed by atoms with Crippen LogP contribution in [0.1, 0.15) is 33.1 Å². The Kier molecular flexibility index (Phi) is 14.4. The normalized spacial score (nSPS) is 14.3. The number of hydrogen-bond acceptors (Lipinski definition) is 6. The molecule has 196 valence electrons. The van der Waals surface area contributed by atoms with Gasteiger partial charge in [-0.2, -0.15) is 0 Å². The lowest BCUT2D eigenvalue weighted by Gasteiger charge is -2.38. The van der Waals surface area contributed by atoms with E-state index in [1.165, 1.54) is 18.9 Å². The van der Waals surface area contributed by atoms with E-state index >= 15 is 0 Å². The number of hydrogen-bond donors (Lipinski definition) is 0. The van der Waals surface area contributed by atoms with Gasteiger partial charge in [-0.25, -0.2) is 4.79 Å². The number of carbonyl (C=O) groups is 1. The van der Waals surface area contributed by atoms with Crippen LogP contribution in [0.3, 0.4) is 0 Å². The van der Waals surface area contributed by atoms with Crippen LogP contribution >= 0.6 is 0 Å². The highest BCUT2D eigenvalue weighted by Crippen LogP contribution is 2.26. The van der Waals surface area contributed by atoms with Crippen molar-refractivity contribution in [3.8, 4) is 0 Å². The van der Waals surface area contributed by atoms with Crippen molar-refractivity contribution < 1.29 is 26.9 Å². The van der Waals surface area contributed by atoms with Crippen molar-refractivity contribution in [3.05, 3.63) is 12.2 Å². The van der Waals surface area contributed by atoms with Gasteiger partial charge in [-0.05, 0) is 84.4 Å². The Labute approximate surface area is 208 Å². The molecule has 0 aromatic carbocycles. The predicted octanol–water partition coefficient (Wildman–Crippen LogP) is 6.68. The molecule has 33 heavy (non-hydrogen) atoms. The Morgan fingerprint density at radius 1 is 0.848 bits per heavy atom. The first-order chi connectivity index (χ1) is 14.9. The molecule has 6 nitrogen and oxygen atoms in total. The van der Waals surface area contributed by atoms with Crippen LogP contribution in [0.15, 0.2) is 12.2 Å². The fourth-order valence-corrected chi connectivity index (χ4v) is 18.5. The third-order valence-corrected chi connectivity index (χ3v) is 17.4. The molecular weight excluding hydrogens is 485 g/mol. The third kappa shape index (κ3) is 17.9. The van der Waals surface area contributed by atoms with E-state index in [0.717, 1.165) is 12.5 Å². The van der Waals surface area contributed by atoms with Crippen molar-refractivity contribution >= 4 is 39.5 Å². The number of unbranched alkanes of at least 4 members (excludes halogenated alkanes) is 1. The van der Waals surface area contributed by atoms with E-state index in [9.17, 15) is 4.79 Å². The first-order valence-corrected chi connectivity index (χ1v) is 24.8. The first kappa shape index (κ1) is 32.9. The largest absolute Gasteiger partial charge is 0.454 e. The zero-order valence-electron chi connectivity index (χ0n) is 23.4. The molecule has 0 fully saturated rings. The van der Waals surface area contributed by atoms with Crippen LogP contribution in [-0.2, 0) is 26.9 Å². The second-order valence-corrected chi connectivity index (χ2v) is 28.6. The van der Waals surface area contributed by atoms with Crippen LogP contribution in [-0.4, -0.2) is 65.4 Å². The molecule has 0 aromatic rings. The van der Waals surface area contributed by atoms with Crippen molar-refractivity contribution in [2.45, 2.75) is 110 Å². The van der Waals surface area contributed by atoms with Crippen LogP contribution < -0.4 is 0 Å². The summed E-state index contributed by atoms with van der Waals surface area (Å²) in [5.74, 6) is -0.401. The van der Waals surface area contributed by atoms with Crippen LogP contribution in [0.25, 0.3) is 0 Å². The van der Waals surface area contributed by atoms with Gasteiger partial charge in [0.05, 0.1) is 13.2 Å². The molecule has 0 N–H and O–H groups in total.